The van der Waals surface area contributed by atoms with Crippen LogP contribution in [-0.2, 0) is 17.8 Å². The summed E-state index contributed by atoms with van der Waals surface area (Å²) in [4.78, 5) is 16.2. The Morgan fingerprint density at radius 3 is 1.23 bits per heavy atom. The van der Waals surface area contributed by atoms with Crippen LogP contribution < -0.4 is 0 Å². The molecule has 4 aromatic rings. The van der Waals surface area contributed by atoms with E-state index in [0.29, 0.717) is 33.9 Å². The van der Waals surface area contributed by atoms with Crippen molar-refractivity contribution in [3.8, 4) is 22.5 Å². The van der Waals surface area contributed by atoms with Crippen LogP contribution in [0.4, 0.5) is 26.3 Å². The molecule has 4 rings (SSSR count). The quantitative estimate of drug-likeness (QED) is 0.291. The summed E-state index contributed by atoms with van der Waals surface area (Å²) < 4.78 is 76.9. The predicted octanol–water partition coefficient (Wildman–Crippen LogP) is 6.96. The number of alkyl halides is 6. The van der Waals surface area contributed by atoms with Crippen molar-refractivity contribution >= 4 is 0 Å². The van der Waals surface area contributed by atoms with Crippen LogP contribution in [0.2, 0.25) is 0 Å². The lowest BCUT2D eigenvalue weighted by Gasteiger charge is -2.24. The van der Waals surface area contributed by atoms with Gasteiger partial charge >= 0.3 is 12.4 Å². The Labute approximate surface area is 196 Å². The highest BCUT2D eigenvalue weighted by Crippen LogP contribution is 2.33. The summed E-state index contributed by atoms with van der Waals surface area (Å²) in [5.41, 5.74) is 0.231. The monoisotopic (exact) mass is 488 g/mol. The topological polar surface area (TPSA) is 51.6 Å². The first-order valence-corrected chi connectivity index (χ1v) is 10.4. The number of aromatic nitrogens is 4. The van der Waals surface area contributed by atoms with Crippen LogP contribution >= 0.6 is 0 Å². The summed E-state index contributed by atoms with van der Waals surface area (Å²) in [5, 5.41) is 0. The van der Waals surface area contributed by atoms with Gasteiger partial charge < -0.3 is 0 Å². The molecule has 0 spiro atoms. The van der Waals surface area contributed by atoms with Gasteiger partial charge in [-0.15, -0.1) is 0 Å². The second kappa shape index (κ2) is 8.75. The minimum absolute atomic E-state index is 0.424. The van der Waals surface area contributed by atoms with Crippen molar-refractivity contribution in [2.24, 2.45) is 0 Å². The molecule has 0 aromatic carbocycles. The van der Waals surface area contributed by atoms with E-state index in [9.17, 15) is 26.3 Å². The van der Waals surface area contributed by atoms with Gasteiger partial charge in [0.1, 0.15) is 11.4 Å². The first-order valence-electron chi connectivity index (χ1n) is 10.4. The molecule has 0 amide bonds. The summed E-state index contributed by atoms with van der Waals surface area (Å²) >= 11 is 0. The average Bonchev–Trinajstić information content (AvgIpc) is 2.83. The van der Waals surface area contributed by atoms with Gasteiger partial charge in [-0.3, -0.25) is 19.9 Å². The van der Waals surface area contributed by atoms with Crippen LogP contribution in [0.3, 0.4) is 0 Å². The van der Waals surface area contributed by atoms with Crippen LogP contribution in [0.25, 0.3) is 22.5 Å². The Balaban J connectivity index is 1.65. The lowest BCUT2D eigenvalue weighted by molar-refractivity contribution is -0.141. The molecular weight excluding hydrogens is 470 g/mol. The minimum Gasteiger partial charge on any atom is -0.252 e. The fourth-order valence-corrected chi connectivity index (χ4v) is 3.44. The molecule has 0 bridgehead atoms. The summed E-state index contributed by atoms with van der Waals surface area (Å²) in [6.07, 6.45) is -6.82. The molecule has 0 aliphatic carbocycles. The van der Waals surface area contributed by atoms with Gasteiger partial charge in [0, 0.05) is 28.9 Å². The smallest absolute Gasteiger partial charge is 0.252 e. The molecule has 0 radical (unpaired) electrons. The Morgan fingerprint density at radius 1 is 0.514 bits per heavy atom. The van der Waals surface area contributed by atoms with E-state index >= 15 is 0 Å². The molecule has 0 fully saturated rings. The van der Waals surface area contributed by atoms with E-state index in [1.165, 1.54) is 12.1 Å². The standard InChI is InChI=1S/C25H18F6N4/c1-23(2,19-7-3-5-17(34-19)15-9-11-21(32-13-15)24(26,27)28)20-8-4-6-18(35-20)16-10-12-22(33-14-16)25(29,30)31/h3-14H,1-2H3. The van der Waals surface area contributed by atoms with E-state index in [1.54, 1.807) is 36.4 Å². The lowest BCUT2D eigenvalue weighted by Crippen LogP contribution is -2.22. The highest BCUT2D eigenvalue weighted by Gasteiger charge is 2.33. The van der Waals surface area contributed by atoms with Crippen molar-refractivity contribution < 1.29 is 26.3 Å². The van der Waals surface area contributed by atoms with Crippen LogP contribution in [0.15, 0.2) is 73.1 Å². The normalized spacial score (nSPS) is 12.6. The van der Waals surface area contributed by atoms with E-state index in [4.69, 9.17) is 0 Å². The molecule has 0 aliphatic heterocycles. The van der Waals surface area contributed by atoms with Crippen molar-refractivity contribution in [2.45, 2.75) is 31.6 Å². The molecule has 35 heavy (non-hydrogen) atoms. The number of nitrogens with zero attached hydrogens (tertiary/aromatic N) is 4. The third-order valence-corrected chi connectivity index (χ3v) is 5.48. The highest BCUT2D eigenvalue weighted by atomic mass is 19.4. The van der Waals surface area contributed by atoms with Gasteiger partial charge in [-0.1, -0.05) is 12.1 Å². The van der Waals surface area contributed by atoms with Crippen LogP contribution in [0.5, 0.6) is 0 Å². The Hall–Kier alpha value is -3.82. The van der Waals surface area contributed by atoms with Crippen molar-refractivity contribution in [1.29, 1.82) is 0 Å². The second-order valence-electron chi connectivity index (χ2n) is 8.30. The van der Waals surface area contributed by atoms with Crippen LogP contribution in [0.1, 0.15) is 36.6 Å². The summed E-state index contributed by atoms with van der Waals surface area (Å²) in [6.45, 7) is 3.75. The van der Waals surface area contributed by atoms with Gasteiger partial charge in [0.05, 0.1) is 22.8 Å². The molecule has 10 heteroatoms. The lowest BCUT2D eigenvalue weighted by atomic mass is 9.84. The molecule has 0 saturated heterocycles. The van der Waals surface area contributed by atoms with Gasteiger partial charge in [-0.05, 0) is 62.4 Å². The molecule has 0 aliphatic rings. The molecule has 0 unspecified atom stereocenters. The highest BCUT2D eigenvalue weighted by molar-refractivity contribution is 5.60. The van der Waals surface area contributed by atoms with Crippen molar-refractivity contribution in [1.82, 2.24) is 19.9 Å². The summed E-state index contributed by atoms with van der Waals surface area (Å²) in [5.74, 6) is 0. The van der Waals surface area contributed by atoms with Crippen molar-refractivity contribution in [3.05, 3.63) is 95.8 Å². The molecule has 0 saturated carbocycles. The molecule has 0 atom stereocenters. The first kappa shape index (κ1) is 24.3. The van der Waals surface area contributed by atoms with Gasteiger partial charge in [-0.2, -0.15) is 26.3 Å². The van der Waals surface area contributed by atoms with Crippen LogP contribution in [-0.4, -0.2) is 19.9 Å². The molecule has 180 valence electrons. The van der Waals surface area contributed by atoms with Gasteiger partial charge in [0.25, 0.3) is 0 Å². The van der Waals surface area contributed by atoms with Gasteiger partial charge in [0.15, 0.2) is 0 Å². The molecule has 4 nitrogen and oxygen atoms in total. The Kier molecular flexibility index (Phi) is 6.08. The summed E-state index contributed by atoms with van der Waals surface area (Å²) in [6, 6.07) is 14.8. The minimum atomic E-state index is -4.53. The molecule has 0 N–H and O–H groups in total. The van der Waals surface area contributed by atoms with Gasteiger partial charge in [0.2, 0.25) is 0 Å². The summed E-state index contributed by atoms with van der Waals surface area (Å²) in [7, 11) is 0. The van der Waals surface area contributed by atoms with E-state index in [0.717, 1.165) is 24.5 Å². The number of pyridine rings is 4. The predicted molar refractivity (Wildman–Crippen MR) is 117 cm³/mol. The average molecular weight is 488 g/mol. The Morgan fingerprint density at radius 2 is 0.914 bits per heavy atom. The van der Waals surface area contributed by atoms with E-state index in [-0.39, 0.29) is 0 Å². The fraction of sp³-hybridized carbons (Fsp3) is 0.200. The molecule has 4 aromatic heterocycles. The van der Waals surface area contributed by atoms with E-state index in [1.807, 2.05) is 13.8 Å². The first-order chi connectivity index (χ1) is 16.4. The van der Waals surface area contributed by atoms with Gasteiger partial charge in [-0.25, -0.2) is 0 Å². The molecular formula is C25H18F6N4. The number of hydrogen-bond acceptors (Lipinski definition) is 4. The number of halogens is 6. The maximum absolute atomic E-state index is 12.8. The largest absolute Gasteiger partial charge is 0.433 e. The third kappa shape index (κ3) is 5.16. The molecule has 4 heterocycles. The zero-order chi connectivity index (χ0) is 25.4. The maximum atomic E-state index is 12.8. The second-order valence-corrected chi connectivity index (χ2v) is 8.30. The van der Waals surface area contributed by atoms with Crippen molar-refractivity contribution in [3.63, 3.8) is 0 Å². The third-order valence-electron chi connectivity index (χ3n) is 5.48. The van der Waals surface area contributed by atoms with Crippen molar-refractivity contribution in [2.75, 3.05) is 0 Å². The number of hydrogen-bond donors (Lipinski definition) is 0. The Bertz CT molecular complexity index is 1220. The fourth-order valence-electron chi connectivity index (χ4n) is 3.44. The van der Waals surface area contributed by atoms with Crippen LogP contribution in [0, 0.1) is 0 Å². The number of rotatable bonds is 4. The zero-order valence-corrected chi connectivity index (χ0v) is 18.5. The van der Waals surface area contributed by atoms with E-state index in [2.05, 4.69) is 19.9 Å². The van der Waals surface area contributed by atoms with E-state index < -0.39 is 29.2 Å². The zero-order valence-electron chi connectivity index (χ0n) is 18.5. The SMILES string of the molecule is CC(C)(c1cccc(-c2ccc(C(F)(F)F)nc2)n1)c1cccc(-c2ccc(C(F)(F)F)nc2)n1. The maximum Gasteiger partial charge on any atom is 0.433 e.